The summed E-state index contributed by atoms with van der Waals surface area (Å²) < 4.78 is 14.6. The second kappa shape index (κ2) is 5.95. The number of nitrogens with zero attached hydrogens (tertiary/aromatic N) is 3. The standard InChI is InChI=1S/C14H19FN4/c1-18(8-11-7-17-19(2)9-11)10-14(16)12-3-5-13(15)6-4-12/h3-7,9,14H,8,10,16H2,1-2H3. The van der Waals surface area contributed by atoms with Gasteiger partial charge >= 0.3 is 0 Å². The van der Waals surface area contributed by atoms with E-state index in [1.165, 1.54) is 12.1 Å². The molecule has 2 aromatic rings. The molecule has 5 heteroatoms. The monoisotopic (exact) mass is 262 g/mol. The highest BCUT2D eigenvalue weighted by Crippen LogP contribution is 2.13. The molecule has 1 aromatic heterocycles. The van der Waals surface area contributed by atoms with Crippen LogP contribution in [0.1, 0.15) is 17.2 Å². The zero-order valence-corrected chi connectivity index (χ0v) is 11.3. The number of aromatic nitrogens is 2. The van der Waals surface area contributed by atoms with Crippen LogP contribution in [0.15, 0.2) is 36.7 Å². The molecule has 0 amide bonds. The Morgan fingerprint density at radius 1 is 1.37 bits per heavy atom. The fourth-order valence-electron chi connectivity index (χ4n) is 2.08. The Kier molecular flexibility index (Phi) is 4.29. The van der Waals surface area contributed by atoms with E-state index in [0.717, 1.165) is 17.7 Å². The van der Waals surface area contributed by atoms with Gasteiger partial charge in [0.05, 0.1) is 6.20 Å². The average molecular weight is 262 g/mol. The van der Waals surface area contributed by atoms with Gasteiger partial charge in [-0.25, -0.2) is 4.39 Å². The Hall–Kier alpha value is -1.72. The van der Waals surface area contributed by atoms with E-state index in [0.29, 0.717) is 6.54 Å². The van der Waals surface area contributed by atoms with Crippen LogP contribution < -0.4 is 5.73 Å². The Morgan fingerprint density at radius 2 is 2.05 bits per heavy atom. The molecule has 1 unspecified atom stereocenters. The molecule has 1 aromatic carbocycles. The zero-order chi connectivity index (χ0) is 13.8. The molecule has 0 saturated carbocycles. The highest BCUT2D eigenvalue weighted by molar-refractivity contribution is 5.19. The van der Waals surface area contributed by atoms with E-state index in [1.54, 1.807) is 16.8 Å². The maximum absolute atomic E-state index is 12.8. The van der Waals surface area contributed by atoms with Gasteiger partial charge in [0.1, 0.15) is 5.82 Å². The van der Waals surface area contributed by atoms with Crippen LogP contribution in [0.4, 0.5) is 4.39 Å². The fraction of sp³-hybridized carbons (Fsp3) is 0.357. The number of likely N-dealkylation sites (N-methyl/N-ethyl adjacent to an activating group) is 1. The van der Waals surface area contributed by atoms with Gasteiger partial charge in [-0.3, -0.25) is 4.68 Å². The quantitative estimate of drug-likeness (QED) is 0.892. The Morgan fingerprint density at radius 3 is 2.63 bits per heavy atom. The van der Waals surface area contributed by atoms with E-state index in [9.17, 15) is 4.39 Å². The summed E-state index contributed by atoms with van der Waals surface area (Å²) in [5, 5.41) is 4.13. The van der Waals surface area contributed by atoms with E-state index in [2.05, 4.69) is 10.00 Å². The van der Waals surface area contributed by atoms with E-state index >= 15 is 0 Å². The Labute approximate surface area is 112 Å². The molecule has 4 nitrogen and oxygen atoms in total. The minimum absolute atomic E-state index is 0.123. The molecule has 19 heavy (non-hydrogen) atoms. The molecule has 0 aliphatic carbocycles. The summed E-state index contributed by atoms with van der Waals surface area (Å²) in [5.41, 5.74) is 8.21. The van der Waals surface area contributed by atoms with Gasteiger partial charge in [-0.1, -0.05) is 12.1 Å². The van der Waals surface area contributed by atoms with Crippen molar-refractivity contribution in [3.8, 4) is 0 Å². The third-order valence-electron chi connectivity index (χ3n) is 3.02. The maximum atomic E-state index is 12.8. The van der Waals surface area contributed by atoms with Crippen molar-refractivity contribution in [3.05, 3.63) is 53.6 Å². The van der Waals surface area contributed by atoms with Crippen molar-refractivity contribution in [2.24, 2.45) is 12.8 Å². The van der Waals surface area contributed by atoms with Crippen molar-refractivity contribution in [1.82, 2.24) is 14.7 Å². The van der Waals surface area contributed by atoms with Crippen molar-refractivity contribution >= 4 is 0 Å². The summed E-state index contributed by atoms with van der Waals surface area (Å²) in [4.78, 5) is 2.13. The lowest BCUT2D eigenvalue weighted by Gasteiger charge is -2.21. The van der Waals surface area contributed by atoms with Gasteiger partial charge in [-0.2, -0.15) is 5.10 Å². The summed E-state index contributed by atoms with van der Waals surface area (Å²) in [7, 11) is 3.91. The molecule has 0 aliphatic rings. The third-order valence-corrected chi connectivity index (χ3v) is 3.02. The van der Waals surface area contributed by atoms with Crippen molar-refractivity contribution in [2.45, 2.75) is 12.6 Å². The lowest BCUT2D eigenvalue weighted by Crippen LogP contribution is -2.28. The summed E-state index contributed by atoms with van der Waals surface area (Å²) in [6, 6.07) is 6.23. The maximum Gasteiger partial charge on any atom is 0.123 e. The van der Waals surface area contributed by atoms with Gasteiger partial charge in [0, 0.05) is 37.9 Å². The van der Waals surface area contributed by atoms with Crippen LogP contribution in [0.2, 0.25) is 0 Å². The van der Waals surface area contributed by atoms with E-state index < -0.39 is 0 Å². The highest BCUT2D eigenvalue weighted by Gasteiger charge is 2.10. The molecule has 0 fully saturated rings. The first-order chi connectivity index (χ1) is 9.04. The molecule has 2 rings (SSSR count). The Bertz CT molecular complexity index is 520. The van der Waals surface area contributed by atoms with Gasteiger partial charge in [-0.15, -0.1) is 0 Å². The lowest BCUT2D eigenvalue weighted by molar-refractivity contribution is 0.305. The molecule has 0 radical (unpaired) electrons. The minimum Gasteiger partial charge on any atom is -0.323 e. The van der Waals surface area contributed by atoms with Gasteiger partial charge in [0.25, 0.3) is 0 Å². The molecule has 1 heterocycles. The topological polar surface area (TPSA) is 47.1 Å². The van der Waals surface area contributed by atoms with Crippen LogP contribution in [0.5, 0.6) is 0 Å². The molecule has 0 aliphatic heterocycles. The van der Waals surface area contributed by atoms with Gasteiger partial charge < -0.3 is 10.6 Å². The summed E-state index contributed by atoms with van der Waals surface area (Å²) in [6.07, 6.45) is 3.83. The van der Waals surface area contributed by atoms with Crippen LogP contribution in [-0.2, 0) is 13.6 Å². The number of benzene rings is 1. The second-order valence-electron chi connectivity index (χ2n) is 4.88. The first kappa shape index (κ1) is 13.7. The molecular weight excluding hydrogens is 243 g/mol. The van der Waals surface area contributed by atoms with E-state index in [1.807, 2.05) is 26.5 Å². The van der Waals surface area contributed by atoms with Gasteiger partial charge in [0.15, 0.2) is 0 Å². The number of aryl methyl sites for hydroxylation is 1. The lowest BCUT2D eigenvalue weighted by atomic mass is 10.1. The third kappa shape index (κ3) is 3.87. The molecule has 0 saturated heterocycles. The van der Waals surface area contributed by atoms with Crippen molar-refractivity contribution in [3.63, 3.8) is 0 Å². The first-order valence-electron chi connectivity index (χ1n) is 6.21. The van der Waals surface area contributed by atoms with E-state index in [-0.39, 0.29) is 11.9 Å². The predicted octanol–water partition coefficient (Wildman–Crippen LogP) is 1.69. The van der Waals surface area contributed by atoms with Crippen LogP contribution in [0.25, 0.3) is 0 Å². The predicted molar refractivity (Wildman–Crippen MR) is 72.9 cm³/mol. The highest BCUT2D eigenvalue weighted by atomic mass is 19.1. The first-order valence-corrected chi connectivity index (χ1v) is 6.21. The van der Waals surface area contributed by atoms with Crippen molar-refractivity contribution < 1.29 is 4.39 Å². The number of rotatable bonds is 5. The number of nitrogens with two attached hydrogens (primary N) is 1. The molecule has 2 N–H and O–H groups in total. The summed E-state index contributed by atoms with van der Waals surface area (Å²) in [5.74, 6) is -0.236. The zero-order valence-electron chi connectivity index (χ0n) is 11.3. The second-order valence-corrected chi connectivity index (χ2v) is 4.88. The normalized spacial score (nSPS) is 12.9. The molecule has 0 bridgehead atoms. The number of hydrogen-bond acceptors (Lipinski definition) is 3. The van der Waals surface area contributed by atoms with Crippen molar-refractivity contribution in [2.75, 3.05) is 13.6 Å². The summed E-state index contributed by atoms with van der Waals surface area (Å²) in [6.45, 7) is 1.50. The molecular formula is C14H19FN4. The van der Waals surface area contributed by atoms with Crippen molar-refractivity contribution in [1.29, 1.82) is 0 Å². The van der Waals surface area contributed by atoms with Crippen LogP contribution in [-0.4, -0.2) is 28.3 Å². The van der Waals surface area contributed by atoms with Crippen LogP contribution in [0, 0.1) is 5.82 Å². The number of halogens is 1. The fourth-order valence-corrected chi connectivity index (χ4v) is 2.08. The van der Waals surface area contributed by atoms with Gasteiger partial charge in [-0.05, 0) is 24.7 Å². The van der Waals surface area contributed by atoms with Gasteiger partial charge in [0.2, 0.25) is 0 Å². The largest absolute Gasteiger partial charge is 0.323 e. The van der Waals surface area contributed by atoms with Crippen LogP contribution in [0.3, 0.4) is 0 Å². The van der Waals surface area contributed by atoms with E-state index in [4.69, 9.17) is 5.73 Å². The summed E-state index contributed by atoms with van der Waals surface area (Å²) >= 11 is 0. The smallest absolute Gasteiger partial charge is 0.123 e. The Balaban J connectivity index is 1.91. The van der Waals surface area contributed by atoms with Crippen LogP contribution >= 0.6 is 0 Å². The molecule has 1 atom stereocenters. The molecule has 102 valence electrons. The SMILES string of the molecule is CN(Cc1cnn(C)c1)CC(N)c1ccc(F)cc1. The minimum atomic E-state index is -0.236. The average Bonchev–Trinajstić information content (AvgIpc) is 2.75. The number of hydrogen-bond donors (Lipinski definition) is 1. The molecule has 0 spiro atoms.